The molecule has 3 nitrogen and oxygen atoms in total. The van der Waals surface area contributed by atoms with Crippen molar-refractivity contribution in [1.82, 2.24) is 4.90 Å². The monoisotopic (exact) mass is 212 g/mol. The Morgan fingerprint density at radius 1 is 1.20 bits per heavy atom. The molecule has 1 saturated carbocycles. The molecule has 0 aromatic carbocycles. The van der Waals surface area contributed by atoms with E-state index in [0.29, 0.717) is 11.8 Å². The van der Waals surface area contributed by atoms with E-state index in [1.807, 2.05) is 4.90 Å². The van der Waals surface area contributed by atoms with Crippen LogP contribution in [0.5, 0.6) is 0 Å². The Hall–Kier alpha value is -0.570. The van der Waals surface area contributed by atoms with Crippen LogP contribution in [0.15, 0.2) is 0 Å². The highest BCUT2D eigenvalue weighted by molar-refractivity contribution is 5.89. The summed E-state index contributed by atoms with van der Waals surface area (Å²) in [7, 11) is 0. The molecule has 1 aliphatic rings. The number of rotatable bonds is 5. The Kier molecular flexibility index (Phi) is 3.77. The van der Waals surface area contributed by atoms with Crippen molar-refractivity contribution in [3.05, 3.63) is 0 Å². The average Bonchev–Trinajstić information content (AvgIpc) is 2.81. The fourth-order valence-electron chi connectivity index (χ4n) is 1.79. The minimum atomic E-state index is -0.510. The molecule has 15 heavy (non-hydrogen) atoms. The zero-order valence-electron chi connectivity index (χ0n) is 10.4. The lowest BCUT2D eigenvalue weighted by Crippen LogP contribution is -2.48. The van der Waals surface area contributed by atoms with E-state index in [0.717, 1.165) is 25.9 Å². The predicted octanol–water partition coefficient (Wildman–Crippen LogP) is 1.62. The standard InChI is InChI=1S/C12H24N2O/c1-9(2)7-14(8-10(3)4)11(15)12(13)5-6-12/h9-10H,5-8,13H2,1-4H3. The maximum absolute atomic E-state index is 12.1. The second kappa shape index (κ2) is 4.52. The van der Waals surface area contributed by atoms with E-state index in [9.17, 15) is 4.79 Å². The van der Waals surface area contributed by atoms with Gasteiger partial charge in [0, 0.05) is 13.1 Å². The van der Waals surface area contributed by atoms with Gasteiger partial charge in [0.25, 0.3) is 0 Å². The molecule has 1 aliphatic carbocycles. The molecule has 0 bridgehead atoms. The van der Waals surface area contributed by atoms with Gasteiger partial charge in [-0.25, -0.2) is 0 Å². The molecule has 0 aliphatic heterocycles. The Balaban J connectivity index is 2.58. The number of hydrogen-bond acceptors (Lipinski definition) is 2. The van der Waals surface area contributed by atoms with Gasteiger partial charge in [0.2, 0.25) is 5.91 Å². The van der Waals surface area contributed by atoms with Crippen LogP contribution in [-0.4, -0.2) is 29.4 Å². The molecule has 0 saturated heterocycles. The van der Waals surface area contributed by atoms with E-state index in [2.05, 4.69) is 27.7 Å². The number of nitrogens with zero attached hydrogens (tertiary/aromatic N) is 1. The maximum Gasteiger partial charge on any atom is 0.242 e. The number of amides is 1. The van der Waals surface area contributed by atoms with Gasteiger partial charge in [-0.2, -0.15) is 0 Å². The molecular formula is C12H24N2O. The predicted molar refractivity (Wildman–Crippen MR) is 62.4 cm³/mol. The second-order valence-corrected chi connectivity index (χ2v) is 5.65. The van der Waals surface area contributed by atoms with Crippen molar-refractivity contribution in [1.29, 1.82) is 0 Å². The van der Waals surface area contributed by atoms with Crippen molar-refractivity contribution in [2.45, 2.75) is 46.1 Å². The molecule has 0 radical (unpaired) electrons. The normalized spacial score (nSPS) is 18.3. The van der Waals surface area contributed by atoms with Gasteiger partial charge in [-0.15, -0.1) is 0 Å². The van der Waals surface area contributed by atoms with Crippen molar-refractivity contribution < 1.29 is 4.79 Å². The largest absolute Gasteiger partial charge is 0.341 e. The van der Waals surface area contributed by atoms with Crippen molar-refractivity contribution in [3.63, 3.8) is 0 Å². The van der Waals surface area contributed by atoms with Crippen LogP contribution in [0, 0.1) is 11.8 Å². The van der Waals surface area contributed by atoms with Crippen molar-refractivity contribution in [3.8, 4) is 0 Å². The Morgan fingerprint density at radius 2 is 1.60 bits per heavy atom. The highest BCUT2D eigenvalue weighted by atomic mass is 16.2. The molecule has 1 fully saturated rings. The summed E-state index contributed by atoms with van der Waals surface area (Å²) in [5.41, 5.74) is 5.44. The molecule has 2 N–H and O–H groups in total. The van der Waals surface area contributed by atoms with Crippen molar-refractivity contribution in [2.75, 3.05) is 13.1 Å². The molecule has 0 unspecified atom stereocenters. The summed E-state index contributed by atoms with van der Waals surface area (Å²) in [5, 5.41) is 0. The first-order valence-corrected chi connectivity index (χ1v) is 5.93. The van der Waals surface area contributed by atoms with Crippen LogP contribution in [0.2, 0.25) is 0 Å². The Bertz CT molecular complexity index is 222. The number of nitrogens with two attached hydrogens (primary N) is 1. The summed E-state index contributed by atoms with van der Waals surface area (Å²) in [6.07, 6.45) is 1.72. The van der Waals surface area contributed by atoms with Crippen LogP contribution in [-0.2, 0) is 4.79 Å². The zero-order chi connectivity index (χ0) is 11.6. The second-order valence-electron chi connectivity index (χ2n) is 5.65. The first kappa shape index (κ1) is 12.5. The summed E-state index contributed by atoms with van der Waals surface area (Å²) >= 11 is 0. The average molecular weight is 212 g/mol. The fraction of sp³-hybridized carbons (Fsp3) is 0.917. The lowest BCUT2D eigenvalue weighted by molar-refractivity contribution is -0.134. The van der Waals surface area contributed by atoms with Crippen LogP contribution in [0.1, 0.15) is 40.5 Å². The van der Waals surface area contributed by atoms with E-state index in [1.165, 1.54) is 0 Å². The fourth-order valence-corrected chi connectivity index (χ4v) is 1.79. The number of carbonyl (C=O) groups excluding carboxylic acids is 1. The van der Waals surface area contributed by atoms with Gasteiger partial charge in [0.15, 0.2) is 0 Å². The van der Waals surface area contributed by atoms with E-state index in [1.54, 1.807) is 0 Å². The molecular weight excluding hydrogens is 188 g/mol. The first-order chi connectivity index (χ1) is 6.85. The summed E-state index contributed by atoms with van der Waals surface area (Å²) in [6.45, 7) is 10.2. The zero-order valence-corrected chi connectivity index (χ0v) is 10.4. The van der Waals surface area contributed by atoms with Gasteiger partial charge in [-0.1, -0.05) is 27.7 Å². The minimum absolute atomic E-state index is 0.157. The van der Waals surface area contributed by atoms with Crippen molar-refractivity contribution in [2.24, 2.45) is 17.6 Å². The molecule has 0 atom stereocenters. The molecule has 0 aromatic rings. The van der Waals surface area contributed by atoms with Gasteiger partial charge in [0.05, 0.1) is 5.54 Å². The maximum atomic E-state index is 12.1. The lowest BCUT2D eigenvalue weighted by atomic mass is 10.1. The summed E-state index contributed by atoms with van der Waals surface area (Å²) in [4.78, 5) is 14.0. The Morgan fingerprint density at radius 3 is 1.87 bits per heavy atom. The van der Waals surface area contributed by atoms with E-state index >= 15 is 0 Å². The summed E-state index contributed by atoms with van der Waals surface area (Å²) in [6, 6.07) is 0. The van der Waals surface area contributed by atoms with Crippen LogP contribution in [0.3, 0.4) is 0 Å². The van der Waals surface area contributed by atoms with Gasteiger partial charge in [-0.3, -0.25) is 4.79 Å². The Labute approximate surface area is 93.0 Å². The van der Waals surface area contributed by atoms with Crippen LogP contribution >= 0.6 is 0 Å². The lowest BCUT2D eigenvalue weighted by Gasteiger charge is -2.28. The third-order valence-electron chi connectivity index (χ3n) is 2.67. The highest BCUT2D eigenvalue weighted by Gasteiger charge is 2.48. The molecule has 3 heteroatoms. The van der Waals surface area contributed by atoms with Gasteiger partial charge in [-0.05, 0) is 24.7 Å². The van der Waals surface area contributed by atoms with Crippen LogP contribution in [0.25, 0.3) is 0 Å². The molecule has 1 amide bonds. The van der Waals surface area contributed by atoms with E-state index in [4.69, 9.17) is 5.73 Å². The molecule has 1 rings (SSSR count). The van der Waals surface area contributed by atoms with Crippen LogP contribution in [0.4, 0.5) is 0 Å². The number of carbonyl (C=O) groups is 1. The van der Waals surface area contributed by atoms with Crippen LogP contribution < -0.4 is 5.73 Å². The third-order valence-corrected chi connectivity index (χ3v) is 2.67. The summed E-state index contributed by atoms with van der Waals surface area (Å²) < 4.78 is 0. The van der Waals surface area contributed by atoms with Crippen molar-refractivity contribution >= 4 is 5.91 Å². The smallest absolute Gasteiger partial charge is 0.242 e. The highest BCUT2D eigenvalue weighted by Crippen LogP contribution is 2.34. The minimum Gasteiger partial charge on any atom is -0.341 e. The SMILES string of the molecule is CC(C)CN(CC(C)C)C(=O)C1(N)CC1. The molecule has 0 aromatic heterocycles. The van der Waals surface area contributed by atoms with Gasteiger partial charge < -0.3 is 10.6 Å². The van der Waals surface area contributed by atoms with E-state index in [-0.39, 0.29) is 5.91 Å². The van der Waals surface area contributed by atoms with E-state index < -0.39 is 5.54 Å². The topological polar surface area (TPSA) is 46.3 Å². The van der Waals surface area contributed by atoms with Gasteiger partial charge >= 0.3 is 0 Å². The first-order valence-electron chi connectivity index (χ1n) is 5.93. The quantitative estimate of drug-likeness (QED) is 0.752. The molecule has 0 heterocycles. The molecule has 0 spiro atoms. The molecule has 88 valence electrons. The number of hydrogen-bond donors (Lipinski definition) is 1. The third kappa shape index (κ3) is 3.49. The van der Waals surface area contributed by atoms with Gasteiger partial charge in [0.1, 0.15) is 0 Å². The summed E-state index contributed by atoms with van der Waals surface area (Å²) in [5.74, 6) is 1.18.